The van der Waals surface area contributed by atoms with Gasteiger partial charge in [-0.25, -0.2) is 17.5 Å². The number of nitrogens with one attached hydrogen (secondary N) is 1. The standard InChI is InChI=1S/C27H28Cl2FN3O5S2/c1-4-13-39(34,35)38-22-10-6-19(7-11-22)27-18(3)24(32-33(27)25-12-8-20(28)14-23(25)29)16-31-40(36,37)26-15-21(30)9-5-17(26)2/h5-12,14-15,18,27,31H,4,13,16H2,1-3H3/t18-,27+/m1/s1. The molecule has 0 unspecified atom stereocenters. The van der Waals surface area contributed by atoms with Crippen LogP contribution < -0.4 is 13.9 Å². The SMILES string of the molecule is CCCS(=O)(=O)Oc1ccc([C@@H]2[C@H](C)C(CNS(=O)(=O)c3cc(F)ccc3C)=NN2c2ccc(Cl)cc2Cl)cc1. The molecule has 13 heteroatoms. The van der Waals surface area contributed by atoms with Crippen LogP contribution in [0.3, 0.4) is 0 Å². The molecule has 1 aliphatic heterocycles. The van der Waals surface area contributed by atoms with Gasteiger partial charge in [0.05, 0.1) is 39.7 Å². The summed E-state index contributed by atoms with van der Waals surface area (Å²) in [5.74, 6) is -0.882. The van der Waals surface area contributed by atoms with Gasteiger partial charge in [0.1, 0.15) is 11.6 Å². The molecule has 4 rings (SSSR count). The van der Waals surface area contributed by atoms with Crippen molar-refractivity contribution in [1.29, 1.82) is 0 Å². The fourth-order valence-electron chi connectivity index (χ4n) is 4.45. The molecule has 0 aliphatic carbocycles. The Hall–Kier alpha value is -2.70. The summed E-state index contributed by atoms with van der Waals surface area (Å²) in [7, 11) is -7.74. The third-order valence-corrected chi connectivity index (χ3v) is 9.87. The van der Waals surface area contributed by atoms with Crippen LogP contribution in [0, 0.1) is 18.7 Å². The topological polar surface area (TPSA) is 105 Å². The maximum absolute atomic E-state index is 13.8. The van der Waals surface area contributed by atoms with Crippen molar-refractivity contribution in [3.8, 4) is 5.75 Å². The highest BCUT2D eigenvalue weighted by molar-refractivity contribution is 7.89. The summed E-state index contributed by atoms with van der Waals surface area (Å²) in [5, 5.41) is 7.19. The molecule has 0 saturated heterocycles. The van der Waals surface area contributed by atoms with Crippen molar-refractivity contribution in [1.82, 2.24) is 4.72 Å². The van der Waals surface area contributed by atoms with Crippen LogP contribution in [0.4, 0.5) is 10.1 Å². The van der Waals surface area contributed by atoms with Gasteiger partial charge in [0.25, 0.3) is 0 Å². The third-order valence-electron chi connectivity index (χ3n) is 6.44. The highest BCUT2D eigenvalue weighted by Crippen LogP contribution is 2.42. The second-order valence-electron chi connectivity index (χ2n) is 9.41. The fraction of sp³-hybridized carbons (Fsp3) is 0.296. The van der Waals surface area contributed by atoms with Crippen molar-refractivity contribution in [3.05, 3.63) is 87.7 Å². The van der Waals surface area contributed by atoms with E-state index in [2.05, 4.69) is 4.72 Å². The number of benzene rings is 3. The minimum Gasteiger partial charge on any atom is -0.382 e. The fourth-order valence-corrected chi connectivity index (χ4v) is 7.19. The summed E-state index contributed by atoms with van der Waals surface area (Å²) in [6.07, 6.45) is 0.430. The van der Waals surface area contributed by atoms with Gasteiger partial charge >= 0.3 is 10.1 Å². The Kier molecular flexibility index (Phi) is 9.11. The molecule has 0 bridgehead atoms. The predicted molar refractivity (Wildman–Crippen MR) is 156 cm³/mol. The van der Waals surface area contributed by atoms with E-state index in [1.54, 1.807) is 61.3 Å². The molecular formula is C27H28Cl2FN3O5S2. The highest BCUT2D eigenvalue weighted by atomic mass is 35.5. The lowest BCUT2D eigenvalue weighted by Gasteiger charge is -2.28. The van der Waals surface area contributed by atoms with Crippen LogP contribution >= 0.6 is 23.2 Å². The zero-order valence-corrected chi connectivity index (χ0v) is 25.1. The highest BCUT2D eigenvalue weighted by Gasteiger charge is 2.37. The Labute approximate surface area is 243 Å². The molecule has 1 heterocycles. The summed E-state index contributed by atoms with van der Waals surface area (Å²) >= 11 is 12.6. The van der Waals surface area contributed by atoms with Crippen LogP contribution in [-0.2, 0) is 20.1 Å². The molecule has 3 aromatic rings. The molecule has 2 atom stereocenters. The molecule has 0 amide bonds. The van der Waals surface area contributed by atoms with E-state index in [4.69, 9.17) is 32.5 Å². The largest absolute Gasteiger partial charge is 0.382 e. The summed E-state index contributed by atoms with van der Waals surface area (Å²) in [5.41, 5.74) is 2.24. The minimum absolute atomic E-state index is 0.0977. The number of anilines is 1. The molecule has 3 aromatic carbocycles. The van der Waals surface area contributed by atoms with E-state index in [0.717, 1.165) is 11.6 Å². The second kappa shape index (κ2) is 12.0. The van der Waals surface area contributed by atoms with Gasteiger partial charge in [-0.2, -0.15) is 13.5 Å². The Morgan fingerprint density at radius 3 is 2.38 bits per heavy atom. The van der Waals surface area contributed by atoms with Crippen LogP contribution in [0.2, 0.25) is 10.0 Å². The maximum atomic E-state index is 13.8. The maximum Gasteiger partial charge on any atom is 0.309 e. The lowest BCUT2D eigenvalue weighted by atomic mass is 9.91. The van der Waals surface area contributed by atoms with E-state index < -0.39 is 32.0 Å². The molecule has 0 spiro atoms. The van der Waals surface area contributed by atoms with Crippen molar-refractivity contribution in [2.75, 3.05) is 17.3 Å². The van der Waals surface area contributed by atoms with E-state index in [-0.39, 0.29) is 28.9 Å². The molecule has 214 valence electrons. The van der Waals surface area contributed by atoms with Crippen LogP contribution in [0.25, 0.3) is 0 Å². The van der Waals surface area contributed by atoms with Crippen molar-refractivity contribution in [3.63, 3.8) is 0 Å². The molecule has 1 aliphatic rings. The second-order valence-corrected chi connectivity index (χ2v) is 13.7. The third kappa shape index (κ3) is 6.77. The summed E-state index contributed by atoms with van der Waals surface area (Å²) < 4.78 is 71.7. The first-order valence-electron chi connectivity index (χ1n) is 12.4. The van der Waals surface area contributed by atoms with Gasteiger partial charge in [-0.15, -0.1) is 0 Å². The van der Waals surface area contributed by atoms with Gasteiger partial charge in [0, 0.05) is 10.9 Å². The average molecular weight is 629 g/mol. The van der Waals surface area contributed by atoms with Crippen molar-refractivity contribution in [2.45, 2.75) is 38.1 Å². The van der Waals surface area contributed by atoms with Crippen LogP contribution in [0.15, 0.2) is 70.7 Å². The number of hydrazone groups is 1. The predicted octanol–water partition coefficient (Wildman–Crippen LogP) is 6.09. The lowest BCUT2D eigenvalue weighted by molar-refractivity contribution is 0.484. The lowest BCUT2D eigenvalue weighted by Crippen LogP contribution is -2.32. The monoisotopic (exact) mass is 627 g/mol. The number of halogens is 3. The van der Waals surface area contributed by atoms with Gasteiger partial charge in [0.2, 0.25) is 10.0 Å². The molecule has 0 radical (unpaired) electrons. The first-order valence-corrected chi connectivity index (χ1v) is 16.2. The Morgan fingerprint density at radius 1 is 1.02 bits per heavy atom. The van der Waals surface area contributed by atoms with E-state index in [0.29, 0.717) is 33.4 Å². The van der Waals surface area contributed by atoms with Crippen LogP contribution in [0.5, 0.6) is 5.75 Å². The molecule has 8 nitrogen and oxygen atoms in total. The smallest absolute Gasteiger partial charge is 0.309 e. The Morgan fingerprint density at radius 2 is 1.73 bits per heavy atom. The minimum atomic E-state index is -4.04. The van der Waals surface area contributed by atoms with E-state index in [1.165, 1.54) is 12.1 Å². The molecule has 0 fully saturated rings. The summed E-state index contributed by atoms with van der Waals surface area (Å²) in [4.78, 5) is -0.151. The first-order chi connectivity index (χ1) is 18.8. The van der Waals surface area contributed by atoms with E-state index >= 15 is 0 Å². The van der Waals surface area contributed by atoms with Gasteiger partial charge in [-0.1, -0.05) is 55.2 Å². The van der Waals surface area contributed by atoms with Gasteiger partial charge < -0.3 is 4.18 Å². The number of hydrogen-bond donors (Lipinski definition) is 1. The molecule has 1 N–H and O–H groups in total. The average Bonchev–Trinajstić information content (AvgIpc) is 3.20. The normalized spacial score (nSPS) is 17.6. The number of nitrogens with zero attached hydrogens (tertiary/aromatic N) is 2. The Bertz CT molecular complexity index is 1650. The van der Waals surface area contributed by atoms with Gasteiger partial charge in [-0.3, -0.25) is 5.01 Å². The number of hydrogen-bond acceptors (Lipinski definition) is 7. The molecular weight excluding hydrogens is 600 g/mol. The van der Waals surface area contributed by atoms with Crippen molar-refractivity contribution >= 4 is 54.7 Å². The quantitative estimate of drug-likeness (QED) is 0.273. The van der Waals surface area contributed by atoms with Crippen molar-refractivity contribution < 1.29 is 25.4 Å². The molecule has 40 heavy (non-hydrogen) atoms. The first kappa shape index (κ1) is 30.3. The summed E-state index contributed by atoms with van der Waals surface area (Å²) in [6.45, 7) is 5.10. The van der Waals surface area contributed by atoms with Crippen molar-refractivity contribution in [2.24, 2.45) is 11.0 Å². The number of sulfonamides is 1. The van der Waals surface area contributed by atoms with Gasteiger partial charge in [-0.05, 0) is 66.9 Å². The van der Waals surface area contributed by atoms with E-state index in [1.807, 2.05) is 6.92 Å². The zero-order valence-electron chi connectivity index (χ0n) is 21.9. The number of rotatable bonds is 10. The zero-order chi connectivity index (χ0) is 29.2. The van der Waals surface area contributed by atoms with Crippen LogP contribution in [-0.4, -0.2) is 34.8 Å². The van der Waals surface area contributed by atoms with Crippen LogP contribution in [0.1, 0.15) is 37.4 Å². The molecule has 0 saturated carbocycles. The Balaban J connectivity index is 1.65. The number of aryl methyl sites for hydroxylation is 1. The molecule has 0 aromatic heterocycles. The van der Waals surface area contributed by atoms with E-state index in [9.17, 15) is 21.2 Å². The summed E-state index contributed by atoms with van der Waals surface area (Å²) in [6, 6.07) is 14.7. The van der Waals surface area contributed by atoms with Gasteiger partial charge in [0.15, 0.2) is 0 Å².